The topological polar surface area (TPSA) is 103 Å². The molecule has 2 N–H and O–H groups in total. The second kappa shape index (κ2) is 10.5. The summed E-state index contributed by atoms with van der Waals surface area (Å²) in [5, 5.41) is 9.37. The average Bonchev–Trinajstić information content (AvgIpc) is 3.44. The Hall–Kier alpha value is -4.39. The van der Waals surface area contributed by atoms with Crippen molar-refractivity contribution in [3.05, 3.63) is 88.8 Å². The summed E-state index contributed by atoms with van der Waals surface area (Å²) < 4.78 is 0. The van der Waals surface area contributed by atoms with Gasteiger partial charge in [-0.2, -0.15) is 9.98 Å². The van der Waals surface area contributed by atoms with Gasteiger partial charge in [0.1, 0.15) is 5.70 Å². The van der Waals surface area contributed by atoms with Crippen LogP contribution in [0, 0.1) is 4.91 Å². The Morgan fingerprint density at radius 3 is 1.85 bits per heavy atom. The first-order valence-electron chi connectivity index (χ1n) is 9.94. The quantitative estimate of drug-likeness (QED) is 0.0924. The maximum atomic E-state index is 12.4. The third-order valence-corrected chi connectivity index (χ3v) is 5.16. The molecule has 0 unspecified atom stereocenters. The van der Waals surface area contributed by atoms with E-state index >= 15 is 0 Å². The Labute approximate surface area is 204 Å². The van der Waals surface area contributed by atoms with Crippen LogP contribution in [0.4, 0.5) is 11.4 Å². The van der Waals surface area contributed by atoms with E-state index in [4.69, 9.17) is 0 Å². The number of hydrogen-bond donors (Lipinski definition) is 2. The molecule has 0 amide bonds. The number of aromatic amines is 2. The minimum Gasteiger partial charge on any atom is -0.359 e. The van der Waals surface area contributed by atoms with Gasteiger partial charge in [0.25, 0.3) is 0 Å². The molecule has 2 aromatic heterocycles. The highest BCUT2D eigenvalue weighted by atomic mass is 32.1. The van der Waals surface area contributed by atoms with E-state index in [-0.39, 0.29) is 11.5 Å². The van der Waals surface area contributed by atoms with Crippen molar-refractivity contribution in [1.82, 2.24) is 9.97 Å². The molecule has 0 bridgehead atoms. The van der Waals surface area contributed by atoms with E-state index in [2.05, 4.69) is 59.9 Å². The van der Waals surface area contributed by atoms with Crippen molar-refractivity contribution in [2.24, 2.45) is 15.2 Å². The Balaban J connectivity index is 1.52. The number of hydrogen-bond acceptors (Lipinski definition) is 7. The average molecular weight is 482 g/mol. The number of carbonyl (C=O) groups is 1. The number of rotatable bonds is 8. The number of nitroso groups, excluding NO2 is 1. The van der Waals surface area contributed by atoms with Crippen molar-refractivity contribution in [2.75, 3.05) is 0 Å². The standard InChI is InChI=1S/C25H15N5O2S2/c31-19(6-2-17-4-8-23-21(10-17)25(13-27-23)29-15-34)11-18(30-32)5-1-16-3-7-22-20(9-16)24(12-26-22)28-14-33/h1-13,26-27H/b5-1+,6-2+,18-11-. The van der Waals surface area contributed by atoms with E-state index < -0.39 is 0 Å². The van der Waals surface area contributed by atoms with Crippen molar-refractivity contribution in [2.45, 2.75) is 0 Å². The minimum atomic E-state index is -0.371. The number of thiocarbonyl (C=S) groups is 2. The molecule has 2 heterocycles. The second-order valence-corrected chi connectivity index (χ2v) is 7.46. The first-order chi connectivity index (χ1) is 16.6. The lowest BCUT2D eigenvalue weighted by atomic mass is 10.1. The highest BCUT2D eigenvalue weighted by Crippen LogP contribution is 2.28. The molecule has 0 saturated heterocycles. The zero-order chi connectivity index (χ0) is 23.9. The van der Waals surface area contributed by atoms with Crippen molar-refractivity contribution in [3.8, 4) is 0 Å². The number of fused-ring (bicyclic) bond motifs is 2. The van der Waals surface area contributed by atoms with E-state index in [1.807, 2.05) is 36.4 Å². The molecule has 0 aliphatic carbocycles. The van der Waals surface area contributed by atoms with Gasteiger partial charge in [0.2, 0.25) is 0 Å². The van der Waals surface area contributed by atoms with Crippen molar-refractivity contribution in [1.29, 1.82) is 0 Å². The maximum absolute atomic E-state index is 12.4. The van der Waals surface area contributed by atoms with Gasteiger partial charge >= 0.3 is 0 Å². The molecule has 9 heteroatoms. The second-order valence-electron chi connectivity index (χ2n) is 7.09. The fraction of sp³-hybridized carbons (Fsp3) is 0. The lowest BCUT2D eigenvalue weighted by Crippen LogP contribution is -1.87. The van der Waals surface area contributed by atoms with Crippen LogP contribution in [0.3, 0.4) is 0 Å². The predicted molar refractivity (Wildman–Crippen MR) is 143 cm³/mol. The fourth-order valence-electron chi connectivity index (χ4n) is 3.40. The highest BCUT2D eigenvalue weighted by molar-refractivity contribution is 7.78. The van der Waals surface area contributed by atoms with Crippen LogP contribution in [-0.2, 0) is 4.79 Å². The van der Waals surface area contributed by atoms with Gasteiger partial charge in [-0.3, -0.25) is 4.79 Å². The van der Waals surface area contributed by atoms with Crippen LogP contribution in [-0.4, -0.2) is 26.1 Å². The van der Waals surface area contributed by atoms with Crippen LogP contribution in [0.15, 0.2) is 87.9 Å². The number of ketones is 1. The van der Waals surface area contributed by atoms with Crippen molar-refractivity contribution >= 4 is 85.9 Å². The lowest BCUT2D eigenvalue weighted by Gasteiger charge is -1.96. The monoisotopic (exact) mass is 481 g/mol. The summed E-state index contributed by atoms with van der Waals surface area (Å²) >= 11 is 9.34. The van der Waals surface area contributed by atoms with E-state index in [1.165, 1.54) is 18.2 Å². The highest BCUT2D eigenvalue weighted by Gasteiger charge is 2.04. The molecule has 34 heavy (non-hydrogen) atoms. The molecule has 0 saturated carbocycles. The van der Waals surface area contributed by atoms with E-state index in [1.54, 1.807) is 24.5 Å². The van der Waals surface area contributed by atoms with Crippen LogP contribution in [0.5, 0.6) is 0 Å². The van der Waals surface area contributed by atoms with Crippen LogP contribution < -0.4 is 0 Å². The van der Waals surface area contributed by atoms with Crippen molar-refractivity contribution < 1.29 is 4.79 Å². The summed E-state index contributed by atoms with van der Waals surface area (Å²) in [5.74, 6) is -0.371. The van der Waals surface area contributed by atoms with E-state index in [0.29, 0.717) is 11.4 Å². The minimum absolute atomic E-state index is 0.000329. The van der Waals surface area contributed by atoms with Crippen molar-refractivity contribution in [3.63, 3.8) is 0 Å². The number of carbonyl (C=O) groups excluding carboxylic acids is 1. The summed E-state index contributed by atoms with van der Waals surface area (Å²) in [5.41, 5.74) is 4.72. The van der Waals surface area contributed by atoms with Crippen LogP contribution >= 0.6 is 24.4 Å². The summed E-state index contributed by atoms with van der Waals surface area (Å²) in [6.45, 7) is 0. The first kappa shape index (κ1) is 22.8. The molecule has 4 aromatic rings. The SMILES string of the molecule is O=NC(=C\C(=O)/C=C/c1ccc2[nH]cc(N=C=S)c2c1)/C=C/c1ccc2[nH]cc(N=C=S)c2c1. The van der Waals surface area contributed by atoms with Gasteiger partial charge in [-0.05, 0) is 77.2 Å². The predicted octanol–water partition coefficient (Wildman–Crippen LogP) is 7.06. The molecular weight excluding hydrogens is 466 g/mol. The van der Waals surface area contributed by atoms with E-state index in [0.717, 1.165) is 32.9 Å². The van der Waals surface area contributed by atoms with Gasteiger partial charge in [0.05, 0.1) is 21.7 Å². The Bertz CT molecular complexity index is 1610. The molecular formula is C25H15N5O2S2. The number of allylic oxidation sites excluding steroid dienone is 3. The van der Waals surface area contributed by atoms with Gasteiger partial charge in [0, 0.05) is 40.3 Å². The first-order valence-corrected chi connectivity index (χ1v) is 10.8. The molecule has 0 spiro atoms. The van der Waals surface area contributed by atoms with Crippen LogP contribution in [0.1, 0.15) is 11.1 Å². The fourth-order valence-corrected chi connectivity index (χ4v) is 3.59. The number of nitrogens with one attached hydrogen (secondary N) is 2. The largest absolute Gasteiger partial charge is 0.359 e. The zero-order valence-electron chi connectivity index (χ0n) is 17.5. The number of nitrogens with zero attached hydrogens (tertiary/aromatic N) is 3. The van der Waals surface area contributed by atoms with Gasteiger partial charge in [-0.15, -0.1) is 4.91 Å². The Morgan fingerprint density at radius 2 is 1.35 bits per heavy atom. The molecule has 164 valence electrons. The lowest BCUT2D eigenvalue weighted by molar-refractivity contribution is -0.110. The molecule has 0 radical (unpaired) electrons. The number of aliphatic imine (C=N–C) groups is 2. The van der Waals surface area contributed by atoms with E-state index in [9.17, 15) is 9.70 Å². The third-order valence-electron chi connectivity index (χ3n) is 4.98. The summed E-state index contributed by atoms with van der Waals surface area (Å²) in [6, 6.07) is 11.2. The summed E-state index contributed by atoms with van der Waals surface area (Å²) in [6.07, 6.45) is 10.8. The van der Waals surface area contributed by atoms with Gasteiger partial charge in [-0.1, -0.05) is 24.3 Å². The Morgan fingerprint density at radius 1 is 0.824 bits per heavy atom. The van der Waals surface area contributed by atoms with Crippen LogP contribution in [0.25, 0.3) is 34.0 Å². The summed E-state index contributed by atoms with van der Waals surface area (Å²) in [7, 11) is 0. The molecule has 0 aliphatic heterocycles. The summed E-state index contributed by atoms with van der Waals surface area (Å²) in [4.78, 5) is 37.8. The van der Waals surface area contributed by atoms with Gasteiger partial charge in [-0.25, -0.2) is 0 Å². The third kappa shape index (κ3) is 5.15. The molecule has 7 nitrogen and oxygen atoms in total. The molecule has 0 aliphatic rings. The number of benzene rings is 2. The number of isothiocyanates is 2. The normalized spacial score (nSPS) is 11.7. The smallest absolute Gasteiger partial charge is 0.180 e. The maximum Gasteiger partial charge on any atom is 0.180 e. The zero-order valence-corrected chi connectivity index (χ0v) is 19.1. The van der Waals surface area contributed by atoms with Gasteiger partial charge < -0.3 is 9.97 Å². The number of aromatic nitrogens is 2. The molecule has 2 aromatic carbocycles. The Kier molecular flexibility index (Phi) is 7.03. The number of H-pyrrole nitrogens is 2. The van der Waals surface area contributed by atoms with Gasteiger partial charge in [0.15, 0.2) is 5.78 Å². The van der Waals surface area contributed by atoms with Crippen LogP contribution in [0.2, 0.25) is 0 Å². The molecule has 4 rings (SSSR count). The molecule has 0 atom stereocenters. The molecule has 0 fully saturated rings.